The van der Waals surface area contributed by atoms with Gasteiger partial charge < -0.3 is 5.11 Å². The molecule has 17 heavy (non-hydrogen) atoms. The third kappa shape index (κ3) is 3.99. The third-order valence-electron chi connectivity index (χ3n) is 3.39. The Morgan fingerprint density at radius 2 is 1.88 bits per heavy atom. The molecule has 2 rings (SSSR count). The average molecular weight is 231 g/mol. The second kappa shape index (κ2) is 6.58. The van der Waals surface area contributed by atoms with Crippen LogP contribution in [0.5, 0.6) is 0 Å². The highest BCUT2D eigenvalue weighted by molar-refractivity contribution is 5.14. The van der Waals surface area contributed by atoms with E-state index in [0.717, 1.165) is 19.6 Å². The predicted octanol–water partition coefficient (Wildman–Crippen LogP) is 2.45. The van der Waals surface area contributed by atoms with E-state index in [1.807, 2.05) is 6.08 Å². The number of piperidine rings is 1. The molecular weight excluding hydrogens is 210 g/mol. The van der Waals surface area contributed by atoms with Gasteiger partial charge in [-0.3, -0.25) is 4.90 Å². The first-order valence-corrected chi connectivity index (χ1v) is 6.42. The number of aliphatic hydroxyl groups excluding tert-OH is 1. The van der Waals surface area contributed by atoms with Gasteiger partial charge in [0.2, 0.25) is 0 Å². The topological polar surface area (TPSA) is 23.5 Å². The molecule has 2 nitrogen and oxygen atoms in total. The summed E-state index contributed by atoms with van der Waals surface area (Å²) >= 11 is 0. The zero-order valence-electron chi connectivity index (χ0n) is 10.3. The van der Waals surface area contributed by atoms with Gasteiger partial charge in [-0.15, -0.1) is 0 Å². The van der Waals surface area contributed by atoms with Gasteiger partial charge in [-0.1, -0.05) is 42.5 Å². The van der Waals surface area contributed by atoms with Gasteiger partial charge in [-0.05, 0) is 37.4 Å². The number of rotatable bonds is 4. The highest BCUT2D eigenvalue weighted by Crippen LogP contribution is 2.19. The molecule has 0 unspecified atom stereocenters. The molecule has 1 aliphatic heterocycles. The van der Waals surface area contributed by atoms with Crippen molar-refractivity contribution < 1.29 is 5.11 Å². The Kier molecular flexibility index (Phi) is 4.77. The lowest BCUT2D eigenvalue weighted by molar-refractivity contribution is 0.195. The number of aliphatic hydroxyl groups is 1. The highest BCUT2D eigenvalue weighted by Gasteiger charge is 2.16. The number of likely N-dealkylation sites (tertiary alicyclic amines) is 1. The molecule has 0 atom stereocenters. The Hall–Kier alpha value is -1.12. The standard InChI is InChI=1S/C15H21NO/c17-12-4-7-14-8-10-16(11-9-14)13-15-5-2-1-3-6-15/h1-7,14,17H,8-13H2. The van der Waals surface area contributed by atoms with E-state index in [9.17, 15) is 0 Å². The quantitative estimate of drug-likeness (QED) is 0.805. The first-order valence-electron chi connectivity index (χ1n) is 6.42. The zero-order valence-corrected chi connectivity index (χ0v) is 10.3. The van der Waals surface area contributed by atoms with Crippen LogP contribution in [-0.2, 0) is 6.54 Å². The van der Waals surface area contributed by atoms with Crippen LogP contribution < -0.4 is 0 Å². The van der Waals surface area contributed by atoms with Crippen molar-refractivity contribution >= 4 is 0 Å². The molecule has 0 saturated carbocycles. The fourth-order valence-corrected chi connectivity index (χ4v) is 2.40. The zero-order chi connectivity index (χ0) is 11.9. The molecule has 1 heterocycles. The number of allylic oxidation sites excluding steroid dienone is 1. The van der Waals surface area contributed by atoms with Gasteiger partial charge in [0.1, 0.15) is 0 Å². The van der Waals surface area contributed by atoms with E-state index < -0.39 is 0 Å². The Balaban J connectivity index is 1.78. The van der Waals surface area contributed by atoms with E-state index in [2.05, 4.69) is 41.3 Å². The summed E-state index contributed by atoms with van der Waals surface area (Å²) in [5.74, 6) is 0.661. The molecule has 0 aliphatic carbocycles. The molecule has 0 amide bonds. The monoisotopic (exact) mass is 231 g/mol. The van der Waals surface area contributed by atoms with E-state index in [0.29, 0.717) is 5.92 Å². The van der Waals surface area contributed by atoms with E-state index in [1.54, 1.807) is 0 Å². The lowest BCUT2D eigenvalue weighted by Crippen LogP contribution is -2.32. The summed E-state index contributed by atoms with van der Waals surface area (Å²) in [7, 11) is 0. The van der Waals surface area contributed by atoms with Crippen LogP contribution in [0.15, 0.2) is 42.5 Å². The average Bonchev–Trinajstić information content (AvgIpc) is 2.39. The van der Waals surface area contributed by atoms with Crippen LogP contribution in [0, 0.1) is 5.92 Å². The fourth-order valence-electron chi connectivity index (χ4n) is 2.40. The van der Waals surface area contributed by atoms with Crippen molar-refractivity contribution in [2.45, 2.75) is 19.4 Å². The van der Waals surface area contributed by atoms with Gasteiger partial charge in [0, 0.05) is 6.54 Å². The van der Waals surface area contributed by atoms with Gasteiger partial charge >= 0.3 is 0 Å². The fraction of sp³-hybridized carbons (Fsp3) is 0.467. The summed E-state index contributed by atoms with van der Waals surface area (Å²) in [5, 5.41) is 8.75. The SMILES string of the molecule is OCC=CC1CCN(Cc2ccccc2)CC1. The van der Waals surface area contributed by atoms with Crippen molar-refractivity contribution in [3.05, 3.63) is 48.0 Å². The van der Waals surface area contributed by atoms with Gasteiger partial charge in [-0.25, -0.2) is 0 Å². The minimum absolute atomic E-state index is 0.171. The van der Waals surface area contributed by atoms with E-state index >= 15 is 0 Å². The van der Waals surface area contributed by atoms with Gasteiger partial charge in [0.05, 0.1) is 6.61 Å². The number of benzene rings is 1. The van der Waals surface area contributed by atoms with Crippen LogP contribution in [0.2, 0.25) is 0 Å². The number of hydrogen-bond donors (Lipinski definition) is 1. The summed E-state index contributed by atoms with van der Waals surface area (Å²) < 4.78 is 0. The molecule has 1 aromatic rings. The third-order valence-corrected chi connectivity index (χ3v) is 3.39. The minimum Gasteiger partial charge on any atom is -0.392 e. The first kappa shape index (κ1) is 12.3. The summed E-state index contributed by atoms with van der Waals surface area (Å²) in [4.78, 5) is 2.51. The molecule has 0 bridgehead atoms. The van der Waals surface area contributed by atoms with Gasteiger partial charge in [0.15, 0.2) is 0 Å². The van der Waals surface area contributed by atoms with Crippen molar-refractivity contribution in [1.82, 2.24) is 4.90 Å². The summed E-state index contributed by atoms with van der Waals surface area (Å²) in [6, 6.07) is 10.7. The van der Waals surface area contributed by atoms with E-state index in [-0.39, 0.29) is 6.61 Å². The largest absolute Gasteiger partial charge is 0.392 e. The molecule has 0 aromatic heterocycles. The molecule has 1 aliphatic rings. The maximum Gasteiger partial charge on any atom is 0.0612 e. The van der Waals surface area contributed by atoms with Crippen molar-refractivity contribution in [3.63, 3.8) is 0 Å². The first-order chi connectivity index (χ1) is 8.38. The minimum atomic E-state index is 0.171. The molecule has 0 spiro atoms. The Morgan fingerprint density at radius 3 is 2.53 bits per heavy atom. The van der Waals surface area contributed by atoms with E-state index in [4.69, 9.17) is 5.11 Å². The maximum atomic E-state index is 8.75. The van der Waals surface area contributed by atoms with Crippen LogP contribution in [0.1, 0.15) is 18.4 Å². The lowest BCUT2D eigenvalue weighted by atomic mass is 9.96. The normalized spacial score (nSPS) is 18.9. The van der Waals surface area contributed by atoms with Crippen molar-refractivity contribution in [2.75, 3.05) is 19.7 Å². The molecule has 2 heteroatoms. The summed E-state index contributed by atoms with van der Waals surface area (Å²) in [5.41, 5.74) is 1.40. The van der Waals surface area contributed by atoms with Crippen LogP contribution >= 0.6 is 0 Å². The van der Waals surface area contributed by atoms with Crippen LogP contribution in [0.3, 0.4) is 0 Å². The Bertz CT molecular complexity index is 339. The number of hydrogen-bond acceptors (Lipinski definition) is 2. The second-order valence-corrected chi connectivity index (χ2v) is 4.71. The Morgan fingerprint density at radius 1 is 1.18 bits per heavy atom. The van der Waals surface area contributed by atoms with Crippen LogP contribution in [0.25, 0.3) is 0 Å². The molecular formula is C15H21NO. The molecule has 1 aromatic carbocycles. The second-order valence-electron chi connectivity index (χ2n) is 4.71. The molecule has 1 N–H and O–H groups in total. The van der Waals surface area contributed by atoms with Crippen molar-refractivity contribution in [1.29, 1.82) is 0 Å². The molecule has 1 fully saturated rings. The summed E-state index contributed by atoms with van der Waals surface area (Å²) in [6.45, 7) is 3.56. The predicted molar refractivity (Wildman–Crippen MR) is 70.7 cm³/mol. The van der Waals surface area contributed by atoms with Gasteiger partial charge in [-0.2, -0.15) is 0 Å². The highest BCUT2D eigenvalue weighted by atomic mass is 16.2. The van der Waals surface area contributed by atoms with Crippen molar-refractivity contribution in [3.8, 4) is 0 Å². The molecule has 0 radical (unpaired) electrons. The van der Waals surface area contributed by atoms with Gasteiger partial charge in [0.25, 0.3) is 0 Å². The Labute approximate surface area is 104 Å². The molecule has 92 valence electrons. The van der Waals surface area contributed by atoms with Crippen molar-refractivity contribution in [2.24, 2.45) is 5.92 Å². The maximum absolute atomic E-state index is 8.75. The smallest absolute Gasteiger partial charge is 0.0612 e. The number of nitrogens with zero attached hydrogens (tertiary/aromatic N) is 1. The van der Waals surface area contributed by atoms with Crippen LogP contribution in [-0.4, -0.2) is 29.7 Å². The van der Waals surface area contributed by atoms with Crippen LogP contribution in [0.4, 0.5) is 0 Å². The van der Waals surface area contributed by atoms with E-state index in [1.165, 1.54) is 18.4 Å². The lowest BCUT2D eigenvalue weighted by Gasteiger charge is -2.30. The molecule has 1 saturated heterocycles. The summed E-state index contributed by atoms with van der Waals surface area (Å²) in [6.07, 6.45) is 6.46.